The first-order chi connectivity index (χ1) is 12.8. The van der Waals surface area contributed by atoms with Crippen molar-refractivity contribution in [3.05, 3.63) is 24.3 Å². The zero-order valence-corrected chi connectivity index (χ0v) is 15.8. The second-order valence-corrected chi connectivity index (χ2v) is 7.36. The zero-order chi connectivity index (χ0) is 18.0. The molecule has 26 heavy (non-hydrogen) atoms. The maximum absolute atomic E-state index is 10.6. The maximum Gasteiger partial charge on any atom is 0.133 e. The summed E-state index contributed by atoms with van der Waals surface area (Å²) in [6, 6.07) is 7.99. The van der Waals surface area contributed by atoms with Crippen LogP contribution in [0.1, 0.15) is 38.5 Å². The van der Waals surface area contributed by atoms with Gasteiger partial charge < -0.3 is 19.2 Å². The van der Waals surface area contributed by atoms with Gasteiger partial charge >= 0.3 is 0 Å². The Kier molecular flexibility index (Phi) is 7.77. The third-order valence-electron chi connectivity index (χ3n) is 5.33. The highest BCUT2D eigenvalue weighted by atomic mass is 16.5. The van der Waals surface area contributed by atoms with Crippen molar-refractivity contribution in [3.63, 3.8) is 0 Å². The smallest absolute Gasteiger partial charge is 0.133 e. The van der Waals surface area contributed by atoms with E-state index in [1.54, 1.807) is 0 Å². The fraction of sp³-hybridized carbons (Fsp3) is 0.667. The van der Waals surface area contributed by atoms with Crippen LogP contribution in [0.5, 0.6) is 11.5 Å². The molecule has 0 aromatic heterocycles. The first kappa shape index (κ1) is 19.2. The fourth-order valence-corrected chi connectivity index (χ4v) is 3.78. The summed E-state index contributed by atoms with van der Waals surface area (Å²) in [7, 11) is 0. The van der Waals surface area contributed by atoms with Crippen molar-refractivity contribution >= 4 is 6.29 Å². The van der Waals surface area contributed by atoms with Crippen molar-refractivity contribution in [1.82, 2.24) is 9.80 Å². The van der Waals surface area contributed by atoms with Gasteiger partial charge in [0.2, 0.25) is 0 Å². The van der Waals surface area contributed by atoms with Crippen molar-refractivity contribution in [2.75, 3.05) is 45.9 Å². The van der Waals surface area contributed by atoms with Gasteiger partial charge in [-0.3, -0.25) is 4.90 Å². The molecule has 2 aliphatic heterocycles. The lowest BCUT2D eigenvalue weighted by Crippen LogP contribution is -2.39. The van der Waals surface area contributed by atoms with E-state index in [-0.39, 0.29) is 6.10 Å². The molecule has 2 aliphatic rings. The van der Waals surface area contributed by atoms with E-state index < -0.39 is 0 Å². The molecule has 1 aromatic rings. The standard InChI is InChI=1S/C21H32N2O3/c24-17-16-23-14-9-21(10-15-23)26-20-7-5-19(6-8-20)25-18-4-13-22-11-2-1-3-12-22/h5-8,17,21H,1-4,9-16,18H2. The fourth-order valence-electron chi connectivity index (χ4n) is 3.78. The van der Waals surface area contributed by atoms with Crippen LogP contribution in [-0.2, 0) is 4.79 Å². The van der Waals surface area contributed by atoms with E-state index in [0.29, 0.717) is 6.54 Å². The molecule has 0 radical (unpaired) electrons. The lowest BCUT2D eigenvalue weighted by Gasteiger charge is -2.30. The molecule has 5 heteroatoms. The number of piperidine rings is 2. The number of hydrogen-bond acceptors (Lipinski definition) is 5. The number of ether oxygens (including phenoxy) is 2. The summed E-state index contributed by atoms with van der Waals surface area (Å²) in [4.78, 5) is 15.3. The van der Waals surface area contributed by atoms with Crippen molar-refractivity contribution in [2.24, 2.45) is 0 Å². The molecule has 144 valence electrons. The average molecular weight is 360 g/mol. The van der Waals surface area contributed by atoms with Gasteiger partial charge in [0.1, 0.15) is 23.9 Å². The Morgan fingerprint density at radius 2 is 1.62 bits per heavy atom. The molecule has 2 fully saturated rings. The molecule has 0 aliphatic carbocycles. The number of carbonyl (C=O) groups is 1. The lowest BCUT2D eigenvalue weighted by atomic mass is 10.1. The molecular weight excluding hydrogens is 328 g/mol. The van der Waals surface area contributed by atoms with Gasteiger partial charge in [-0.25, -0.2) is 0 Å². The van der Waals surface area contributed by atoms with Gasteiger partial charge in [-0.05, 0) is 69.5 Å². The maximum atomic E-state index is 10.6. The first-order valence-electron chi connectivity index (χ1n) is 10.1. The van der Waals surface area contributed by atoms with Crippen molar-refractivity contribution in [1.29, 1.82) is 0 Å². The molecule has 0 unspecified atom stereocenters. The monoisotopic (exact) mass is 360 g/mol. The van der Waals surface area contributed by atoms with Crippen LogP contribution in [0.25, 0.3) is 0 Å². The van der Waals surface area contributed by atoms with Gasteiger partial charge in [0.05, 0.1) is 13.2 Å². The van der Waals surface area contributed by atoms with Gasteiger partial charge in [0.15, 0.2) is 0 Å². The van der Waals surface area contributed by atoms with Crippen LogP contribution in [0, 0.1) is 0 Å². The predicted octanol–water partition coefficient (Wildman–Crippen LogP) is 2.98. The summed E-state index contributed by atoms with van der Waals surface area (Å²) in [6.07, 6.45) is 8.33. The number of benzene rings is 1. The summed E-state index contributed by atoms with van der Waals surface area (Å²) >= 11 is 0. The SMILES string of the molecule is O=CCN1CCC(Oc2ccc(OCCCN3CCCCC3)cc2)CC1. The molecular formula is C21H32N2O3. The van der Waals surface area contributed by atoms with E-state index in [2.05, 4.69) is 9.80 Å². The van der Waals surface area contributed by atoms with Gasteiger partial charge in [0, 0.05) is 19.6 Å². The van der Waals surface area contributed by atoms with Crippen LogP contribution in [0.15, 0.2) is 24.3 Å². The largest absolute Gasteiger partial charge is 0.494 e. The van der Waals surface area contributed by atoms with Crippen molar-refractivity contribution in [2.45, 2.75) is 44.6 Å². The second kappa shape index (κ2) is 10.5. The number of aldehydes is 1. The average Bonchev–Trinajstić information content (AvgIpc) is 2.69. The minimum Gasteiger partial charge on any atom is -0.494 e. The number of nitrogens with zero attached hydrogens (tertiary/aromatic N) is 2. The predicted molar refractivity (Wildman–Crippen MR) is 103 cm³/mol. The Labute approximate surface area is 157 Å². The minimum atomic E-state index is 0.245. The number of likely N-dealkylation sites (tertiary alicyclic amines) is 2. The van der Waals surface area contributed by atoms with Crippen LogP contribution in [-0.4, -0.2) is 68.1 Å². The highest BCUT2D eigenvalue weighted by Crippen LogP contribution is 2.22. The lowest BCUT2D eigenvalue weighted by molar-refractivity contribution is -0.109. The molecule has 0 N–H and O–H groups in total. The molecule has 0 spiro atoms. The van der Waals surface area contributed by atoms with Crippen LogP contribution in [0.2, 0.25) is 0 Å². The summed E-state index contributed by atoms with van der Waals surface area (Å²) < 4.78 is 11.9. The minimum absolute atomic E-state index is 0.245. The molecule has 3 rings (SSSR count). The highest BCUT2D eigenvalue weighted by molar-refractivity contribution is 5.51. The normalized spacial score (nSPS) is 20.0. The van der Waals surface area contributed by atoms with E-state index >= 15 is 0 Å². The number of hydrogen-bond donors (Lipinski definition) is 0. The van der Waals surface area contributed by atoms with Gasteiger partial charge in [-0.1, -0.05) is 6.42 Å². The van der Waals surface area contributed by atoms with E-state index in [9.17, 15) is 4.79 Å². The van der Waals surface area contributed by atoms with Crippen molar-refractivity contribution < 1.29 is 14.3 Å². The molecule has 0 atom stereocenters. The molecule has 2 heterocycles. The summed E-state index contributed by atoms with van der Waals surface area (Å²) in [5.41, 5.74) is 0. The summed E-state index contributed by atoms with van der Waals surface area (Å²) in [6.45, 7) is 6.82. The van der Waals surface area contributed by atoms with Crippen LogP contribution >= 0.6 is 0 Å². The quantitative estimate of drug-likeness (QED) is 0.500. The Balaban J connectivity index is 1.32. The Morgan fingerprint density at radius 3 is 2.31 bits per heavy atom. The van der Waals surface area contributed by atoms with Gasteiger partial charge in [0.25, 0.3) is 0 Å². The number of rotatable bonds is 9. The van der Waals surface area contributed by atoms with Crippen LogP contribution in [0.3, 0.4) is 0 Å². The van der Waals surface area contributed by atoms with Gasteiger partial charge in [-0.2, -0.15) is 0 Å². The van der Waals surface area contributed by atoms with Gasteiger partial charge in [-0.15, -0.1) is 0 Å². The Bertz CT molecular complexity index is 521. The molecule has 0 bridgehead atoms. The molecule has 0 amide bonds. The third kappa shape index (κ3) is 6.29. The first-order valence-corrected chi connectivity index (χ1v) is 10.1. The molecule has 0 saturated carbocycles. The summed E-state index contributed by atoms with van der Waals surface area (Å²) in [5, 5.41) is 0. The third-order valence-corrected chi connectivity index (χ3v) is 5.33. The zero-order valence-electron chi connectivity index (χ0n) is 15.8. The van der Waals surface area contributed by atoms with Crippen molar-refractivity contribution in [3.8, 4) is 11.5 Å². The van der Waals surface area contributed by atoms with E-state index in [1.807, 2.05) is 24.3 Å². The molecule has 5 nitrogen and oxygen atoms in total. The topological polar surface area (TPSA) is 42.0 Å². The highest BCUT2D eigenvalue weighted by Gasteiger charge is 2.20. The van der Waals surface area contributed by atoms with E-state index in [1.165, 1.54) is 32.4 Å². The Hall–Kier alpha value is -1.59. The Morgan fingerprint density at radius 1 is 0.923 bits per heavy atom. The van der Waals surface area contributed by atoms with Crippen LogP contribution in [0.4, 0.5) is 0 Å². The molecule has 1 aromatic carbocycles. The van der Waals surface area contributed by atoms with Crippen LogP contribution < -0.4 is 9.47 Å². The second-order valence-electron chi connectivity index (χ2n) is 7.36. The summed E-state index contributed by atoms with van der Waals surface area (Å²) in [5.74, 6) is 1.82. The number of carbonyl (C=O) groups excluding carboxylic acids is 1. The van der Waals surface area contributed by atoms with E-state index in [0.717, 1.165) is 63.3 Å². The van der Waals surface area contributed by atoms with E-state index in [4.69, 9.17) is 9.47 Å². The molecule has 2 saturated heterocycles.